The van der Waals surface area contributed by atoms with Gasteiger partial charge in [-0.1, -0.05) is 89.6 Å². The molecule has 1 rings (SSSR count). The molecule has 150 valence electrons. The maximum Gasteiger partial charge on any atom is 0.128 e. The maximum atomic E-state index is 4.98. The molecule has 1 aliphatic rings. The summed E-state index contributed by atoms with van der Waals surface area (Å²) in [5.74, 6) is 0.533. The van der Waals surface area contributed by atoms with E-state index in [0.717, 1.165) is 19.3 Å². The number of rotatable bonds is 7. The van der Waals surface area contributed by atoms with E-state index in [1.807, 2.05) is 0 Å². The first-order valence-corrected chi connectivity index (χ1v) is 11.0. The van der Waals surface area contributed by atoms with Crippen molar-refractivity contribution in [3.05, 3.63) is 59.3 Å². The maximum absolute atomic E-state index is 4.98. The van der Waals surface area contributed by atoms with Crippen molar-refractivity contribution in [3.8, 4) is 0 Å². The average molecular weight is 384 g/mol. The van der Waals surface area contributed by atoms with Crippen molar-refractivity contribution >= 4 is 20.5 Å². The molecule has 0 aromatic carbocycles. The van der Waals surface area contributed by atoms with Gasteiger partial charge in [0.25, 0.3) is 0 Å². The normalized spacial score (nSPS) is 23.9. The molecular formula is C25H41BS. The summed E-state index contributed by atoms with van der Waals surface area (Å²) in [5, 5.41) is 0. The molecule has 2 heteroatoms. The number of thiol groups is 1. The van der Waals surface area contributed by atoms with Crippen molar-refractivity contribution in [3.63, 3.8) is 0 Å². The minimum absolute atomic E-state index is 0.111. The fourth-order valence-corrected chi connectivity index (χ4v) is 3.70. The summed E-state index contributed by atoms with van der Waals surface area (Å²) < 4.78 is -0.133. The first-order chi connectivity index (χ1) is 12.4. The molecule has 1 aliphatic carbocycles. The van der Waals surface area contributed by atoms with Crippen molar-refractivity contribution in [1.29, 1.82) is 0 Å². The smallest absolute Gasteiger partial charge is 0.128 e. The lowest BCUT2D eigenvalue weighted by molar-refractivity contribution is 0.284. The van der Waals surface area contributed by atoms with E-state index in [-0.39, 0.29) is 15.5 Å². The van der Waals surface area contributed by atoms with E-state index >= 15 is 0 Å². The third-order valence-electron chi connectivity index (χ3n) is 6.72. The fraction of sp³-hybridized carbons (Fsp3) is 0.600. The Balaban J connectivity index is 3.22. The largest absolute Gasteiger partial charge is 0.177 e. The average Bonchev–Trinajstić information content (AvgIpc) is 2.62. The molecular weight excluding hydrogens is 343 g/mol. The van der Waals surface area contributed by atoms with E-state index in [9.17, 15) is 0 Å². The van der Waals surface area contributed by atoms with Crippen LogP contribution in [0.2, 0.25) is 0 Å². The molecule has 0 saturated heterocycles. The Hall–Kier alpha value is -0.885. The van der Waals surface area contributed by atoms with Crippen LogP contribution in [0, 0.1) is 16.7 Å². The Morgan fingerprint density at radius 2 is 1.81 bits per heavy atom. The Morgan fingerprint density at radius 3 is 2.33 bits per heavy atom. The highest BCUT2D eigenvalue weighted by molar-refractivity contribution is 7.83. The van der Waals surface area contributed by atoms with Crippen LogP contribution in [0.4, 0.5) is 0 Å². The molecule has 0 nitrogen and oxygen atoms in total. The first kappa shape index (κ1) is 24.2. The summed E-state index contributed by atoms with van der Waals surface area (Å²) in [4.78, 5) is 0. The molecule has 3 unspecified atom stereocenters. The van der Waals surface area contributed by atoms with Gasteiger partial charge in [-0.25, -0.2) is 0 Å². The van der Waals surface area contributed by atoms with Crippen LogP contribution < -0.4 is 0 Å². The predicted molar refractivity (Wildman–Crippen MR) is 130 cm³/mol. The van der Waals surface area contributed by atoms with Crippen LogP contribution in [0.3, 0.4) is 0 Å². The Kier molecular flexibility index (Phi) is 8.54. The summed E-state index contributed by atoms with van der Waals surface area (Å²) in [5.41, 5.74) is 4.46. The quantitative estimate of drug-likeness (QED) is 0.206. The third kappa shape index (κ3) is 5.80. The molecule has 0 bridgehead atoms. The van der Waals surface area contributed by atoms with Gasteiger partial charge >= 0.3 is 0 Å². The Bertz CT molecular complexity index is 652. The molecule has 0 N–H and O–H groups in total. The number of hydrogen-bond acceptors (Lipinski definition) is 1. The minimum atomic E-state index is -0.133. The molecule has 0 heterocycles. The highest BCUT2D eigenvalue weighted by atomic mass is 32.1. The van der Waals surface area contributed by atoms with Crippen molar-refractivity contribution in [2.75, 3.05) is 0 Å². The van der Waals surface area contributed by atoms with Crippen LogP contribution in [0.1, 0.15) is 74.7 Å². The zero-order chi connectivity index (χ0) is 20.9. The summed E-state index contributed by atoms with van der Waals surface area (Å²) in [6, 6.07) is 0. The summed E-state index contributed by atoms with van der Waals surface area (Å²) in [6.45, 7) is 18.2. The Labute approximate surface area is 175 Å². The van der Waals surface area contributed by atoms with E-state index in [1.165, 1.54) is 16.7 Å². The molecule has 0 radical (unpaired) electrons. The second-order valence-electron chi connectivity index (χ2n) is 9.53. The van der Waals surface area contributed by atoms with E-state index in [4.69, 9.17) is 12.6 Å². The second-order valence-corrected chi connectivity index (χ2v) is 10.4. The minimum Gasteiger partial charge on any atom is -0.177 e. The van der Waals surface area contributed by atoms with Crippen LogP contribution in [0.5, 0.6) is 0 Å². The first-order valence-electron chi connectivity index (χ1n) is 10.5. The van der Waals surface area contributed by atoms with Crippen LogP contribution in [0.15, 0.2) is 59.3 Å². The molecule has 0 amide bonds. The van der Waals surface area contributed by atoms with E-state index < -0.39 is 0 Å². The third-order valence-corrected chi connectivity index (χ3v) is 7.74. The topological polar surface area (TPSA) is 0 Å². The van der Waals surface area contributed by atoms with Gasteiger partial charge in [0.1, 0.15) is 7.85 Å². The van der Waals surface area contributed by atoms with E-state index in [0.29, 0.717) is 5.92 Å². The van der Waals surface area contributed by atoms with Gasteiger partial charge in [0.2, 0.25) is 0 Å². The highest BCUT2D eigenvalue weighted by Crippen LogP contribution is 2.44. The van der Waals surface area contributed by atoms with Gasteiger partial charge in [-0.05, 0) is 61.0 Å². The second kappa shape index (κ2) is 9.55. The standard InChI is InChI=1S/C25H41BS/c1-9-11-18-24(8,10-2)22-15-13-12-14-21(22)19(3)16-17-20(4)25(26,27)23(5,6)7/h11-14,16-18,22,27H,9-10,15,26H2,1-8H3/b18-11?,19-16+,20-17+. The molecule has 0 aromatic heterocycles. The Morgan fingerprint density at radius 1 is 1.19 bits per heavy atom. The number of allylic oxidation sites excluding steroid dienone is 9. The van der Waals surface area contributed by atoms with Crippen LogP contribution in [-0.2, 0) is 0 Å². The van der Waals surface area contributed by atoms with E-state index in [2.05, 4.69) is 106 Å². The fourth-order valence-electron chi connectivity index (χ4n) is 3.63. The lowest BCUT2D eigenvalue weighted by atomic mass is 9.63. The molecule has 0 spiro atoms. The summed E-state index contributed by atoms with van der Waals surface area (Å²) in [6.07, 6.45) is 19.6. The van der Waals surface area contributed by atoms with Crippen molar-refractivity contribution in [2.45, 2.75) is 79.3 Å². The lowest BCUT2D eigenvalue weighted by Crippen LogP contribution is -2.39. The monoisotopic (exact) mass is 384 g/mol. The molecule has 0 fully saturated rings. The van der Waals surface area contributed by atoms with Gasteiger partial charge < -0.3 is 0 Å². The van der Waals surface area contributed by atoms with Gasteiger partial charge in [0.05, 0.1) is 0 Å². The van der Waals surface area contributed by atoms with Gasteiger partial charge in [-0.15, -0.1) is 0 Å². The molecule has 3 atom stereocenters. The van der Waals surface area contributed by atoms with Gasteiger partial charge in [0.15, 0.2) is 0 Å². The lowest BCUT2D eigenvalue weighted by Gasteiger charge is -2.39. The molecule has 0 saturated carbocycles. The predicted octanol–water partition coefficient (Wildman–Crippen LogP) is 7.07. The summed E-state index contributed by atoms with van der Waals surface area (Å²) in [7, 11) is 2.22. The molecule has 27 heavy (non-hydrogen) atoms. The molecule has 0 aromatic rings. The SMILES string of the molecule is BC(S)(/C(C)=C/C=C(\C)C1=CC=CCC1C(C)(C=CCC)CC)C(C)(C)C. The summed E-state index contributed by atoms with van der Waals surface area (Å²) >= 11 is 4.98. The van der Waals surface area contributed by atoms with Crippen molar-refractivity contribution in [2.24, 2.45) is 16.7 Å². The van der Waals surface area contributed by atoms with Gasteiger partial charge in [0, 0.05) is 4.65 Å². The van der Waals surface area contributed by atoms with Crippen LogP contribution in [0.25, 0.3) is 0 Å². The number of hydrogen-bond donors (Lipinski definition) is 1. The zero-order valence-corrected chi connectivity index (χ0v) is 20.1. The van der Waals surface area contributed by atoms with Crippen molar-refractivity contribution < 1.29 is 0 Å². The van der Waals surface area contributed by atoms with Crippen LogP contribution >= 0.6 is 12.6 Å². The highest BCUT2D eigenvalue weighted by Gasteiger charge is 2.35. The zero-order valence-electron chi connectivity index (χ0n) is 19.2. The van der Waals surface area contributed by atoms with Gasteiger partial charge in [-0.2, -0.15) is 12.6 Å². The van der Waals surface area contributed by atoms with Gasteiger partial charge in [-0.3, -0.25) is 0 Å². The molecule has 0 aliphatic heterocycles. The van der Waals surface area contributed by atoms with Crippen LogP contribution in [-0.4, -0.2) is 12.5 Å². The van der Waals surface area contributed by atoms with E-state index in [1.54, 1.807) is 0 Å². The van der Waals surface area contributed by atoms with Crippen molar-refractivity contribution in [1.82, 2.24) is 0 Å².